The molecule has 0 saturated carbocycles. The zero-order chi connectivity index (χ0) is 23.8. The number of rotatable bonds is 4. The summed E-state index contributed by atoms with van der Waals surface area (Å²) in [6.07, 6.45) is 4.59. The summed E-state index contributed by atoms with van der Waals surface area (Å²) >= 11 is 19.9. The minimum absolute atomic E-state index is 0.154. The highest BCUT2D eigenvalue weighted by molar-refractivity contribution is 7.16. The second kappa shape index (κ2) is 9.79. The van der Waals surface area contributed by atoms with E-state index in [1.807, 2.05) is 6.07 Å². The fraction of sp³-hybridized carbons (Fsp3) is 0.308. The second-order valence-corrected chi connectivity index (χ2v) is 11.7. The lowest BCUT2D eigenvalue weighted by atomic mass is 9.72. The van der Waals surface area contributed by atoms with Crippen molar-refractivity contribution in [2.75, 3.05) is 5.32 Å². The number of carbonyl (C=O) groups excluding carboxylic acids is 1. The molecule has 1 heterocycles. The van der Waals surface area contributed by atoms with Gasteiger partial charge in [-0.2, -0.15) is 0 Å². The van der Waals surface area contributed by atoms with Crippen molar-refractivity contribution in [2.45, 2.75) is 40.0 Å². The molecule has 0 aliphatic heterocycles. The van der Waals surface area contributed by atoms with E-state index in [-0.39, 0.29) is 11.3 Å². The Hall–Kier alpha value is -1.85. The number of nitrogens with one attached hydrogen (secondary N) is 1. The zero-order valence-electron chi connectivity index (χ0n) is 18.7. The van der Waals surface area contributed by atoms with E-state index in [0.29, 0.717) is 37.2 Å². The summed E-state index contributed by atoms with van der Waals surface area (Å²) in [5.74, 6) is 0.414. The van der Waals surface area contributed by atoms with Gasteiger partial charge in [-0.3, -0.25) is 4.79 Å². The van der Waals surface area contributed by atoms with Gasteiger partial charge in [-0.15, -0.1) is 11.3 Å². The number of thiophene rings is 1. The zero-order valence-corrected chi connectivity index (χ0v) is 21.8. The molecule has 1 aliphatic carbocycles. The van der Waals surface area contributed by atoms with Crippen molar-refractivity contribution in [1.29, 1.82) is 0 Å². The van der Waals surface area contributed by atoms with E-state index in [1.54, 1.807) is 53.9 Å². The predicted octanol–water partition coefficient (Wildman–Crippen LogP) is 8.86. The number of nitrogens with zero attached hydrogens (tertiary/aromatic N) is 1. The minimum atomic E-state index is -0.154. The number of amides is 1. The fourth-order valence-electron chi connectivity index (χ4n) is 4.10. The van der Waals surface area contributed by atoms with Crippen LogP contribution in [-0.2, 0) is 12.8 Å². The molecule has 172 valence electrons. The molecular weight excluding hydrogens is 495 g/mol. The van der Waals surface area contributed by atoms with Gasteiger partial charge in [0, 0.05) is 32.4 Å². The van der Waals surface area contributed by atoms with Gasteiger partial charge in [-0.1, -0.05) is 61.6 Å². The van der Waals surface area contributed by atoms with Crippen molar-refractivity contribution >= 4 is 68.9 Å². The minimum Gasteiger partial charge on any atom is -0.322 e. The first-order chi connectivity index (χ1) is 15.6. The van der Waals surface area contributed by atoms with Crippen LogP contribution in [0.15, 0.2) is 47.5 Å². The molecule has 2 aromatic carbocycles. The van der Waals surface area contributed by atoms with Crippen LogP contribution in [0.4, 0.5) is 10.7 Å². The van der Waals surface area contributed by atoms with Crippen molar-refractivity contribution in [3.8, 4) is 0 Å². The number of halogens is 3. The topological polar surface area (TPSA) is 41.5 Å². The molecule has 1 aromatic heterocycles. The summed E-state index contributed by atoms with van der Waals surface area (Å²) in [5, 5.41) is 5.43. The molecule has 1 aliphatic rings. The molecule has 1 amide bonds. The van der Waals surface area contributed by atoms with Crippen LogP contribution in [0.5, 0.6) is 0 Å². The van der Waals surface area contributed by atoms with Crippen LogP contribution in [0.25, 0.3) is 0 Å². The molecule has 3 nitrogen and oxygen atoms in total. The molecule has 1 atom stereocenters. The lowest BCUT2D eigenvalue weighted by Gasteiger charge is -2.33. The maximum atomic E-state index is 13.4. The highest BCUT2D eigenvalue weighted by Crippen LogP contribution is 2.45. The monoisotopic (exact) mass is 518 g/mol. The number of benzene rings is 2. The van der Waals surface area contributed by atoms with E-state index in [0.717, 1.165) is 30.4 Å². The number of hydrogen-bond acceptors (Lipinski definition) is 3. The van der Waals surface area contributed by atoms with Crippen LogP contribution >= 0.6 is 46.1 Å². The van der Waals surface area contributed by atoms with Gasteiger partial charge in [-0.25, -0.2) is 4.99 Å². The summed E-state index contributed by atoms with van der Waals surface area (Å²) in [7, 11) is 0. The largest absolute Gasteiger partial charge is 0.322 e. The maximum Gasteiger partial charge on any atom is 0.259 e. The predicted molar refractivity (Wildman–Crippen MR) is 142 cm³/mol. The standard InChI is InChI=1S/C26H25Cl3N2OS/c1-26(2,3)16-5-11-20-22(12-16)33-25(30-14-15-4-6-18(28)13-21(15)29)23(20)24(32)31-19-9-7-17(27)8-10-19/h4,6-10,13-14,16H,5,11-12H2,1-3H3,(H,31,32)/t16-/m1/s1. The Bertz CT molecular complexity index is 1210. The van der Waals surface area contributed by atoms with Crippen molar-refractivity contribution in [3.05, 3.63) is 79.1 Å². The molecule has 0 saturated heterocycles. The van der Waals surface area contributed by atoms with Crippen LogP contribution in [0.2, 0.25) is 15.1 Å². The molecule has 0 fully saturated rings. The van der Waals surface area contributed by atoms with E-state index in [9.17, 15) is 4.79 Å². The first kappa shape index (κ1) is 24.3. The van der Waals surface area contributed by atoms with Crippen LogP contribution in [0.3, 0.4) is 0 Å². The van der Waals surface area contributed by atoms with Gasteiger partial charge in [-0.05, 0) is 72.6 Å². The van der Waals surface area contributed by atoms with Gasteiger partial charge in [0.1, 0.15) is 5.00 Å². The van der Waals surface area contributed by atoms with E-state index in [1.165, 1.54) is 4.88 Å². The van der Waals surface area contributed by atoms with Gasteiger partial charge in [0.2, 0.25) is 0 Å². The Kier molecular flexibility index (Phi) is 7.20. The van der Waals surface area contributed by atoms with E-state index >= 15 is 0 Å². The molecule has 1 N–H and O–H groups in total. The smallest absolute Gasteiger partial charge is 0.259 e. The number of carbonyl (C=O) groups is 1. The maximum absolute atomic E-state index is 13.4. The van der Waals surface area contributed by atoms with Gasteiger partial charge in [0.25, 0.3) is 5.91 Å². The summed E-state index contributed by atoms with van der Waals surface area (Å²) in [6.45, 7) is 6.85. The van der Waals surface area contributed by atoms with Crippen molar-refractivity contribution < 1.29 is 4.79 Å². The lowest BCUT2D eigenvalue weighted by Crippen LogP contribution is -2.27. The molecule has 3 aromatic rings. The third-order valence-electron chi connectivity index (χ3n) is 6.08. The van der Waals surface area contributed by atoms with Crippen molar-refractivity contribution in [2.24, 2.45) is 16.3 Å². The second-order valence-electron chi connectivity index (χ2n) is 9.37. The van der Waals surface area contributed by atoms with Crippen LogP contribution in [0, 0.1) is 11.3 Å². The van der Waals surface area contributed by atoms with Gasteiger partial charge in [0.05, 0.1) is 10.6 Å². The van der Waals surface area contributed by atoms with E-state index in [4.69, 9.17) is 39.8 Å². The van der Waals surface area contributed by atoms with E-state index in [2.05, 4.69) is 26.1 Å². The molecule has 4 rings (SSSR count). The molecule has 7 heteroatoms. The third kappa shape index (κ3) is 5.63. The molecule has 0 spiro atoms. The first-order valence-corrected chi connectivity index (χ1v) is 12.8. The average molecular weight is 520 g/mol. The van der Waals surface area contributed by atoms with Crippen molar-refractivity contribution in [1.82, 2.24) is 0 Å². The lowest BCUT2D eigenvalue weighted by molar-refractivity contribution is 0.102. The number of hydrogen-bond donors (Lipinski definition) is 1. The highest BCUT2D eigenvalue weighted by Gasteiger charge is 2.33. The number of anilines is 1. The summed E-state index contributed by atoms with van der Waals surface area (Å²) in [4.78, 5) is 19.4. The third-order valence-corrected chi connectivity index (χ3v) is 8.06. The Labute approximate surface area is 213 Å². The SMILES string of the molecule is CC(C)(C)[C@@H]1CCc2c(sc(N=Cc3ccc(Cl)cc3Cl)c2C(=O)Nc2ccc(Cl)cc2)C1. The molecule has 33 heavy (non-hydrogen) atoms. The Morgan fingerprint density at radius 1 is 1.09 bits per heavy atom. The van der Waals surface area contributed by atoms with Gasteiger partial charge < -0.3 is 5.32 Å². The Morgan fingerprint density at radius 2 is 1.79 bits per heavy atom. The summed E-state index contributed by atoms with van der Waals surface area (Å²) < 4.78 is 0. The first-order valence-electron chi connectivity index (χ1n) is 10.8. The van der Waals surface area contributed by atoms with E-state index < -0.39 is 0 Å². The number of aliphatic imine (C=N–C) groups is 1. The Morgan fingerprint density at radius 3 is 2.45 bits per heavy atom. The number of fused-ring (bicyclic) bond motifs is 1. The fourth-order valence-corrected chi connectivity index (χ4v) is 5.95. The highest BCUT2D eigenvalue weighted by atomic mass is 35.5. The van der Waals surface area contributed by atoms with Crippen molar-refractivity contribution in [3.63, 3.8) is 0 Å². The van der Waals surface area contributed by atoms with Crippen LogP contribution in [-0.4, -0.2) is 12.1 Å². The van der Waals surface area contributed by atoms with Crippen LogP contribution < -0.4 is 5.32 Å². The average Bonchev–Trinajstić information content (AvgIpc) is 3.12. The summed E-state index contributed by atoms with van der Waals surface area (Å²) in [5.41, 5.74) is 3.43. The molecule has 0 radical (unpaired) electrons. The van der Waals surface area contributed by atoms with Gasteiger partial charge >= 0.3 is 0 Å². The van der Waals surface area contributed by atoms with Crippen LogP contribution in [0.1, 0.15) is 53.6 Å². The molecule has 0 unspecified atom stereocenters. The normalized spacial score (nSPS) is 16.1. The molecule has 0 bridgehead atoms. The van der Waals surface area contributed by atoms with Gasteiger partial charge in [0.15, 0.2) is 0 Å². The summed E-state index contributed by atoms with van der Waals surface area (Å²) in [6, 6.07) is 12.4. The quantitative estimate of drug-likeness (QED) is 0.344. The molecular formula is C26H25Cl3N2OS. The Balaban J connectivity index is 1.71.